The monoisotopic (exact) mass is 697 g/mol. The molecule has 1 aromatic heterocycles. The van der Waals surface area contributed by atoms with Crippen LogP contribution in [0.5, 0.6) is 5.75 Å². The van der Waals surface area contributed by atoms with Gasteiger partial charge in [-0.15, -0.1) is 0 Å². The molecule has 4 atom stereocenters. The van der Waals surface area contributed by atoms with Crippen molar-refractivity contribution in [3.05, 3.63) is 196 Å². The highest BCUT2D eigenvalue weighted by Crippen LogP contribution is 2.45. The van der Waals surface area contributed by atoms with Gasteiger partial charge in [0.15, 0.2) is 0 Å². The fourth-order valence-corrected chi connectivity index (χ4v) is 8.40. The number of benzene rings is 7. The quantitative estimate of drug-likeness (QED) is 0.188. The second-order valence-corrected chi connectivity index (χ2v) is 14.3. The van der Waals surface area contributed by atoms with E-state index in [1.54, 1.807) is 0 Å². The second kappa shape index (κ2) is 12.5. The summed E-state index contributed by atoms with van der Waals surface area (Å²) in [6, 6.07) is 57.5. The highest BCUT2D eigenvalue weighted by atomic mass is 16.5. The zero-order valence-electron chi connectivity index (χ0n) is 29.3. The van der Waals surface area contributed by atoms with Crippen molar-refractivity contribution >= 4 is 39.9 Å². The van der Waals surface area contributed by atoms with Crippen molar-refractivity contribution in [1.82, 2.24) is 10.6 Å². The van der Waals surface area contributed by atoms with Crippen LogP contribution in [0.2, 0.25) is 0 Å². The third kappa shape index (κ3) is 5.16. The van der Waals surface area contributed by atoms with Crippen molar-refractivity contribution in [2.45, 2.75) is 24.4 Å². The number of furan rings is 1. The normalized spacial score (nSPS) is 19.7. The van der Waals surface area contributed by atoms with Gasteiger partial charge < -0.3 is 14.5 Å². The Balaban J connectivity index is 0.938. The van der Waals surface area contributed by atoms with Gasteiger partial charge in [-0.25, -0.2) is 4.99 Å². The number of amidine groups is 1. The van der Waals surface area contributed by atoms with Crippen LogP contribution in [0.1, 0.15) is 40.5 Å². The first-order chi connectivity index (χ1) is 26.7. The summed E-state index contributed by atoms with van der Waals surface area (Å²) in [5.41, 5.74) is 10.7. The van der Waals surface area contributed by atoms with Gasteiger partial charge in [0.2, 0.25) is 0 Å². The van der Waals surface area contributed by atoms with Crippen LogP contribution in [0.3, 0.4) is 0 Å². The summed E-state index contributed by atoms with van der Waals surface area (Å²) in [5.74, 6) is 2.01. The topological polar surface area (TPSA) is 58.8 Å². The maximum Gasteiger partial charge on any atom is 0.143 e. The van der Waals surface area contributed by atoms with Gasteiger partial charge in [-0.1, -0.05) is 158 Å². The van der Waals surface area contributed by atoms with Gasteiger partial charge >= 0.3 is 0 Å². The zero-order valence-corrected chi connectivity index (χ0v) is 29.3. The molecule has 3 heterocycles. The predicted octanol–water partition coefficient (Wildman–Crippen LogP) is 9.38. The Morgan fingerprint density at radius 1 is 0.519 bits per heavy atom. The standard InChI is InChI=1S/C49H35N3O2/c1-3-11-31(12-4-1)47-50-48(32-13-5-2-6-14-32)52-49(51-47)33-23-21-30(22-24-33)37-17-9-19-39-40-20-10-18-38(46(40)54-45(37)39)36-25-26-43-41(28-36)42-27-34-15-7-8-16-35(34)29-44(42)53-43/h1-29,42,44,47,49,51H,(H,50,52). The Kier molecular flexibility index (Phi) is 7.13. The lowest BCUT2D eigenvalue weighted by Gasteiger charge is -2.32. The predicted molar refractivity (Wildman–Crippen MR) is 218 cm³/mol. The van der Waals surface area contributed by atoms with Crippen LogP contribution in [0.4, 0.5) is 0 Å². The van der Waals surface area contributed by atoms with E-state index >= 15 is 0 Å². The van der Waals surface area contributed by atoms with Crippen molar-refractivity contribution in [3.63, 3.8) is 0 Å². The molecule has 7 aromatic carbocycles. The van der Waals surface area contributed by atoms with Gasteiger partial charge in [-0.05, 0) is 50.9 Å². The third-order valence-electron chi connectivity index (χ3n) is 11.1. The smallest absolute Gasteiger partial charge is 0.143 e. The van der Waals surface area contributed by atoms with Crippen LogP contribution in [0.15, 0.2) is 173 Å². The highest BCUT2D eigenvalue weighted by molar-refractivity contribution is 6.13. The summed E-state index contributed by atoms with van der Waals surface area (Å²) in [4.78, 5) is 5.06. The summed E-state index contributed by atoms with van der Waals surface area (Å²) < 4.78 is 13.3. The van der Waals surface area contributed by atoms with Crippen molar-refractivity contribution in [2.24, 2.45) is 4.99 Å². The Hall–Kier alpha value is -6.69. The Bertz CT molecular complexity index is 2880. The molecular formula is C49H35N3O2. The number of rotatable bonds is 5. The molecule has 5 heteroatoms. The number of para-hydroxylation sites is 2. The molecule has 5 nitrogen and oxygen atoms in total. The number of fused-ring (bicyclic) bond motifs is 7. The molecule has 258 valence electrons. The number of hydrogen-bond donors (Lipinski definition) is 2. The average Bonchev–Trinajstić information content (AvgIpc) is 3.81. The number of nitrogens with zero attached hydrogens (tertiary/aromatic N) is 1. The SMILES string of the molecule is C1=c2ccccc2=CC2c3cc(-c4cccc5c4oc4c(-c6ccc(C7NC(c8ccccc8)=NC(c8ccccc8)N7)cc6)cccc45)ccc3OC12. The van der Waals surface area contributed by atoms with E-state index < -0.39 is 0 Å². The molecule has 0 amide bonds. The lowest BCUT2D eigenvalue weighted by Crippen LogP contribution is -2.44. The minimum Gasteiger partial charge on any atom is -0.485 e. The van der Waals surface area contributed by atoms with E-state index in [2.05, 4.69) is 162 Å². The molecule has 0 fully saturated rings. The largest absolute Gasteiger partial charge is 0.485 e. The van der Waals surface area contributed by atoms with Crippen LogP contribution in [0, 0.1) is 0 Å². The Morgan fingerprint density at radius 2 is 1.17 bits per heavy atom. The molecule has 1 aliphatic carbocycles. The van der Waals surface area contributed by atoms with Gasteiger partial charge in [0.1, 0.15) is 41.2 Å². The molecule has 2 aliphatic heterocycles. The van der Waals surface area contributed by atoms with Crippen LogP contribution >= 0.6 is 0 Å². The molecule has 8 aromatic rings. The Labute approximate surface area is 312 Å². The summed E-state index contributed by atoms with van der Waals surface area (Å²) in [6.07, 6.45) is 4.31. The first-order valence-corrected chi connectivity index (χ1v) is 18.6. The molecule has 2 N–H and O–H groups in total. The molecule has 0 saturated carbocycles. The van der Waals surface area contributed by atoms with Crippen LogP contribution < -0.4 is 25.8 Å². The Morgan fingerprint density at radius 3 is 1.91 bits per heavy atom. The highest BCUT2D eigenvalue weighted by Gasteiger charge is 2.33. The van der Waals surface area contributed by atoms with E-state index in [0.717, 1.165) is 72.5 Å². The van der Waals surface area contributed by atoms with Gasteiger partial charge in [0.05, 0.1) is 0 Å². The molecular weight excluding hydrogens is 663 g/mol. The number of nitrogens with one attached hydrogen (secondary N) is 2. The minimum atomic E-state index is -0.179. The van der Waals surface area contributed by atoms with E-state index in [9.17, 15) is 0 Å². The van der Waals surface area contributed by atoms with E-state index in [-0.39, 0.29) is 24.4 Å². The fourth-order valence-electron chi connectivity index (χ4n) is 8.40. The summed E-state index contributed by atoms with van der Waals surface area (Å²) in [5, 5.41) is 12.1. The summed E-state index contributed by atoms with van der Waals surface area (Å²) >= 11 is 0. The van der Waals surface area contributed by atoms with Crippen molar-refractivity contribution in [3.8, 4) is 28.0 Å². The van der Waals surface area contributed by atoms with E-state index in [0.29, 0.717) is 0 Å². The molecule has 3 aliphatic rings. The van der Waals surface area contributed by atoms with Gasteiger partial charge in [-0.2, -0.15) is 0 Å². The van der Waals surface area contributed by atoms with E-state index in [1.165, 1.54) is 16.0 Å². The van der Waals surface area contributed by atoms with Gasteiger partial charge in [-0.3, -0.25) is 5.32 Å². The van der Waals surface area contributed by atoms with Crippen molar-refractivity contribution in [2.75, 3.05) is 0 Å². The van der Waals surface area contributed by atoms with E-state index in [4.69, 9.17) is 14.1 Å². The molecule has 0 bridgehead atoms. The van der Waals surface area contributed by atoms with Crippen molar-refractivity contribution < 1.29 is 9.15 Å². The molecule has 4 unspecified atom stereocenters. The first-order valence-electron chi connectivity index (χ1n) is 18.6. The molecule has 11 rings (SSSR count). The van der Waals surface area contributed by atoms with Crippen molar-refractivity contribution in [1.29, 1.82) is 0 Å². The lowest BCUT2D eigenvalue weighted by atomic mass is 9.88. The van der Waals surface area contributed by atoms with Crippen LogP contribution in [0.25, 0.3) is 56.3 Å². The fraction of sp³-hybridized carbons (Fsp3) is 0.0816. The van der Waals surface area contributed by atoms with Crippen LogP contribution in [-0.2, 0) is 0 Å². The average molecular weight is 698 g/mol. The third-order valence-corrected chi connectivity index (χ3v) is 11.1. The molecule has 0 radical (unpaired) electrons. The van der Waals surface area contributed by atoms with E-state index in [1.807, 2.05) is 24.3 Å². The molecule has 0 saturated heterocycles. The maximum absolute atomic E-state index is 6.88. The molecule has 0 spiro atoms. The first kappa shape index (κ1) is 30.9. The molecule has 54 heavy (non-hydrogen) atoms. The summed E-state index contributed by atoms with van der Waals surface area (Å²) in [6.45, 7) is 0. The van der Waals surface area contributed by atoms with Crippen LogP contribution in [-0.4, -0.2) is 11.9 Å². The maximum atomic E-state index is 6.88. The summed E-state index contributed by atoms with van der Waals surface area (Å²) in [7, 11) is 0. The number of aliphatic imine (C=N–C) groups is 1. The number of hydrogen-bond acceptors (Lipinski definition) is 5. The van der Waals surface area contributed by atoms with Gasteiger partial charge in [0, 0.05) is 38.9 Å². The second-order valence-electron chi connectivity index (χ2n) is 14.3. The number of ether oxygens (including phenoxy) is 1. The zero-order chi connectivity index (χ0) is 35.6. The van der Waals surface area contributed by atoms with Gasteiger partial charge in [0.25, 0.3) is 0 Å². The minimum absolute atomic E-state index is 0.00935. The lowest BCUT2D eigenvalue weighted by molar-refractivity contribution is 0.288.